The lowest BCUT2D eigenvalue weighted by molar-refractivity contribution is 0.102. The zero-order chi connectivity index (χ0) is 27.6. The van der Waals surface area contributed by atoms with E-state index in [4.69, 9.17) is 9.47 Å². The summed E-state index contributed by atoms with van der Waals surface area (Å²) in [4.78, 5) is 18.0. The van der Waals surface area contributed by atoms with Gasteiger partial charge in [0.25, 0.3) is 5.91 Å². The van der Waals surface area contributed by atoms with Crippen LogP contribution in [0.15, 0.2) is 47.4 Å². The van der Waals surface area contributed by atoms with E-state index < -0.39 is 10.0 Å². The van der Waals surface area contributed by atoms with Crippen LogP contribution in [0.5, 0.6) is 11.5 Å². The number of hydrogen-bond donors (Lipinski definition) is 1. The zero-order valence-corrected chi connectivity index (χ0v) is 23.8. The van der Waals surface area contributed by atoms with E-state index >= 15 is 0 Å². The first-order valence-electron chi connectivity index (χ1n) is 13.0. The molecule has 1 N–H and O–H groups in total. The number of nitrogens with zero attached hydrogens (tertiary/aromatic N) is 4. The Balaban J connectivity index is 1.35. The molecule has 0 unspecified atom stereocenters. The summed E-state index contributed by atoms with van der Waals surface area (Å²) in [5, 5.41) is 7.99. The number of anilines is 1. The fourth-order valence-corrected chi connectivity index (χ4v) is 6.73. The van der Waals surface area contributed by atoms with Gasteiger partial charge in [-0.3, -0.25) is 4.79 Å². The van der Waals surface area contributed by atoms with Gasteiger partial charge in [0.15, 0.2) is 11.5 Å². The second-order valence-electron chi connectivity index (χ2n) is 9.34. The quantitative estimate of drug-likeness (QED) is 0.258. The van der Waals surface area contributed by atoms with Crippen LogP contribution in [0.2, 0.25) is 0 Å². The van der Waals surface area contributed by atoms with Gasteiger partial charge in [-0.15, -0.1) is 0 Å². The van der Waals surface area contributed by atoms with Gasteiger partial charge in [0.2, 0.25) is 21.9 Å². The van der Waals surface area contributed by atoms with Crippen LogP contribution in [0.3, 0.4) is 0 Å². The molecule has 5 rings (SSSR count). The maximum absolute atomic E-state index is 13.3. The van der Waals surface area contributed by atoms with E-state index in [2.05, 4.69) is 15.4 Å². The number of rotatable bonds is 11. The zero-order valence-electron chi connectivity index (χ0n) is 22.1. The maximum atomic E-state index is 13.3. The number of ether oxygens (including phenoxy) is 2. The molecule has 12 heteroatoms. The van der Waals surface area contributed by atoms with E-state index in [1.54, 1.807) is 15.1 Å². The minimum absolute atomic E-state index is 0.182. The monoisotopic (exact) mass is 569 g/mol. The average molecular weight is 570 g/mol. The Morgan fingerprint density at radius 3 is 2.38 bits per heavy atom. The molecule has 0 spiro atoms. The number of hydrogen-bond acceptors (Lipinski definition) is 8. The van der Waals surface area contributed by atoms with Gasteiger partial charge in [0, 0.05) is 36.9 Å². The van der Waals surface area contributed by atoms with E-state index in [0.29, 0.717) is 46.8 Å². The number of fused-ring (bicyclic) bond motifs is 2. The highest BCUT2D eigenvalue weighted by atomic mass is 32.2. The molecule has 0 atom stereocenters. The van der Waals surface area contributed by atoms with E-state index in [0.717, 1.165) is 35.9 Å². The molecular weight excluding hydrogens is 538 g/mol. The summed E-state index contributed by atoms with van der Waals surface area (Å²) in [6, 6.07) is 11.5. The summed E-state index contributed by atoms with van der Waals surface area (Å²) in [6.07, 6.45) is 3.43. The van der Waals surface area contributed by atoms with Crippen LogP contribution in [0.4, 0.5) is 5.82 Å². The topological polar surface area (TPSA) is 116 Å². The molecule has 10 nitrogen and oxygen atoms in total. The number of aryl methyl sites for hydroxylation is 1. The van der Waals surface area contributed by atoms with Crippen molar-refractivity contribution >= 4 is 43.3 Å². The first-order valence-corrected chi connectivity index (χ1v) is 15.2. The SMILES string of the molecule is CCCCN(CCCC)S(=O)(=O)c1ccc(C(=O)Nc2cc(C)nn2-c2nc3cc4c(cc3s2)OCO4)cc1. The fraction of sp³-hybridized carbons (Fsp3) is 0.370. The summed E-state index contributed by atoms with van der Waals surface area (Å²) in [6.45, 7) is 7.07. The number of nitrogens with one attached hydrogen (secondary N) is 1. The van der Waals surface area contributed by atoms with Crippen LogP contribution in [0.25, 0.3) is 15.3 Å². The number of carbonyl (C=O) groups excluding carboxylic acids is 1. The summed E-state index contributed by atoms with van der Waals surface area (Å²) in [5.74, 6) is 1.40. The Bertz CT molecular complexity index is 1550. The van der Waals surface area contributed by atoms with Crippen LogP contribution in [0, 0.1) is 6.92 Å². The van der Waals surface area contributed by atoms with E-state index in [1.807, 2.05) is 32.9 Å². The highest BCUT2D eigenvalue weighted by Gasteiger charge is 2.24. The summed E-state index contributed by atoms with van der Waals surface area (Å²) in [7, 11) is -3.64. The van der Waals surface area contributed by atoms with Crippen molar-refractivity contribution in [1.29, 1.82) is 0 Å². The minimum atomic E-state index is -3.64. The highest BCUT2D eigenvalue weighted by molar-refractivity contribution is 7.89. The van der Waals surface area contributed by atoms with Crippen LogP contribution < -0.4 is 14.8 Å². The van der Waals surface area contributed by atoms with Gasteiger partial charge in [0.05, 0.1) is 20.8 Å². The normalized spacial score (nSPS) is 12.9. The average Bonchev–Trinajstić information content (AvgIpc) is 3.64. The first kappa shape index (κ1) is 27.1. The lowest BCUT2D eigenvalue weighted by atomic mass is 10.2. The number of aromatic nitrogens is 3. The number of carbonyl (C=O) groups is 1. The largest absolute Gasteiger partial charge is 0.454 e. The maximum Gasteiger partial charge on any atom is 0.256 e. The van der Waals surface area contributed by atoms with Gasteiger partial charge < -0.3 is 14.8 Å². The van der Waals surface area contributed by atoms with Crippen molar-refractivity contribution in [3.63, 3.8) is 0 Å². The third-order valence-corrected chi connectivity index (χ3v) is 9.31. The molecule has 206 valence electrons. The smallest absolute Gasteiger partial charge is 0.256 e. The second-order valence-corrected chi connectivity index (χ2v) is 12.3. The van der Waals surface area contributed by atoms with Crippen LogP contribution in [-0.2, 0) is 10.0 Å². The Morgan fingerprint density at radius 2 is 1.72 bits per heavy atom. The van der Waals surface area contributed by atoms with Crippen molar-refractivity contribution in [2.24, 2.45) is 0 Å². The number of unbranched alkanes of at least 4 members (excludes halogenated alkanes) is 2. The van der Waals surface area contributed by atoms with Gasteiger partial charge in [-0.1, -0.05) is 38.0 Å². The molecule has 3 heterocycles. The van der Waals surface area contributed by atoms with E-state index in [1.165, 1.54) is 35.6 Å². The molecule has 2 aromatic heterocycles. The molecule has 0 aliphatic carbocycles. The molecule has 1 amide bonds. The van der Waals surface area contributed by atoms with Crippen LogP contribution >= 0.6 is 11.3 Å². The van der Waals surface area contributed by atoms with Crippen LogP contribution in [-0.4, -0.2) is 53.3 Å². The van der Waals surface area contributed by atoms with Gasteiger partial charge in [-0.25, -0.2) is 13.4 Å². The standard InChI is InChI=1S/C27H31N5O5S2/c1-4-6-12-31(13-7-5-2)39(34,35)20-10-8-19(9-11-20)26(33)29-25-14-18(3)30-32(25)27-28-21-15-22-23(37-17-36-22)16-24(21)38-27/h8-11,14-16H,4-7,12-13,17H2,1-3H3,(H,29,33). The van der Waals surface area contributed by atoms with Crippen molar-refractivity contribution in [3.8, 4) is 16.6 Å². The van der Waals surface area contributed by atoms with Gasteiger partial charge in [-0.05, 0) is 44.0 Å². The summed E-state index contributed by atoms with van der Waals surface area (Å²) < 4.78 is 41.5. The number of amides is 1. The molecule has 1 aliphatic rings. The van der Waals surface area contributed by atoms with Gasteiger partial charge in [-0.2, -0.15) is 14.1 Å². The van der Waals surface area contributed by atoms with Crippen molar-refractivity contribution < 1.29 is 22.7 Å². The Labute approximate surface area is 231 Å². The Hall–Kier alpha value is -3.48. The molecule has 2 aromatic carbocycles. The Morgan fingerprint density at radius 1 is 1.05 bits per heavy atom. The molecule has 4 aromatic rings. The van der Waals surface area contributed by atoms with E-state index in [-0.39, 0.29) is 17.6 Å². The third-order valence-electron chi connectivity index (χ3n) is 6.40. The molecule has 0 saturated heterocycles. The molecular formula is C27H31N5O5S2. The molecule has 0 fully saturated rings. The second kappa shape index (κ2) is 11.3. The first-order chi connectivity index (χ1) is 18.8. The molecule has 0 radical (unpaired) electrons. The summed E-state index contributed by atoms with van der Waals surface area (Å²) in [5.41, 5.74) is 1.79. The molecule has 0 bridgehead atoms. The van der Waals surface area contributed by atoms with Crippen molar-refractivity contribution in [2.75, 3.05) is 25.2 Å². The summed E-state index contributed by atoms with van der Waals surface area (Å²) >= 11 is 1.42. The predicted molar refractivity (Wildman–Crippen MR) is 151 cm³/mol. The van der Waals surface area contributed by atoms with E-state index in [9.17, 15) is 13.2 Å². The molecule has 1 aliphatic heterocycles. The Kier molecular flexibility index (Phi) is 7.87. The number of sulfonamides is 1. The van der Waals surface area contributed by atoms with Crippen molar-refractivity contribution in [1.82, 2.24) is 19.1 Å². The fourth-order valence-electron chi connectivity index (χ4n) is 4.27. The minimum Gasteiger partial charge on any atom is -0.454 e. The van der Waals surface area contributed by atoms with Crippen LogP contribution in [0.1, 0.15) is 55.6 Å². The number of thiazole rings is 1. The van der Waals surface area contributed by atoms with Crippen molar-refractivity contribution in [3.05, 3.63) is 53.7 Å². The molecule has 39 heavy (non-hydrogen) atoms. The third kappa shape index (κ3) is 5.63. The molecule has 0 saturated carbocycles. The van der Waals surface area contributed by atoms with Crippen molar-refractivity contribution in [2.45, 2.75) is 51.3 Å². The van der Waals surface area contributed by atoms with Gasteiger partial charge >= 0.3 is 0 Å². The highest BCUT2D eigenvalue weighted by Crippen LogP contribution is 2.39. The number of benzene rings is 2. The lowest BCUT2D eigenvalue weighted by Gasteiger charge is -2.22. The predicted octanol–water partition coefficient (Wildman–Crippen LogP) is 5.36. The van der Waals surface area contributed by atoms with Gasteiger partial charge in [0.1, 0.15) is 5.82 Å². The lowest BCUT2D eigenvalue weighted by Crippen LogP contribution is -2.33.